The Hall–Kier alpha value is -1.55. The van der Waals surface area contributed by atoms with Gasteiger partial charge in [-0.05, 0) is 55.5 Å². The number of aromatic amines is 1. The van der Waals surface area contributed by atoms with Crippen molar-refractivity contribution in [3.8, 4) is 0 Å². The predicted molar refractivity (Wildman–Crippen MR) is 77.9 cm³/mol. The number of fused-ring (bicyclic) bond motifs is 1. The molecule has 3 nitrogen and oxygen atoms in total. The van der Waals surface area contributed by atoms with Crippen LogP contribution in [0.1, 0.15) is 31.4 Å². The average molecular weight is 275 g/mol. The molecule has 0 saturated heterocycles. The van der Waals surface area contributed by atoms with E-state index in [-0.39, 0.29) is 0 Å². The standard InChI is InChI=1S/C15H17NO2S/c1-19(17,18)13-7-8-14-12(9-13)10-15(16-14)11-5-3-2-4-6-11/h5,7-10,16H,2-4,6H2,1H3. The lowest BCUT2D eigenvalue weighted by Crippen LogP contribution is -1.95. The molecular formula is C15H17NO2S. The van der Waals surface area contributed by atoms with Crippen LogP contribution in [-0.4, -0.2) is 19.7 Å². The lowest BCUT2D eigenvalue weighted by Gasteiger charge is -2.10. The molecule has 0 radical (unpaired) electrons. The van der Waals surface area contributed by atoms with Crippen molar-refractivity contribution in [1.29, 1.82) is 0 Å². The van der Waals surface area contributed by atoms with E-state index in [0.717, 1.165) is 29.4 Å². The summed E-state index contributed by atoms with van der Waals surface area (Å²) in [5.74, 6) is 0. The summed E-state index contributed by atoms with van der Waals surface area (Å²) >= 11 is 0. The molecule has 4 heteroatoms. The van der Waals surface area contributed by atoms with E-state index in [9.17, 15) is 8.42 Å². The molecule has 0 unspecified atom stereocenters. The number of allylic oxidation sites excluding steroid dienone is 2. The van der Waals surface area contributed by atoms with Gasteiger partial charge in [-0.2, -0.15) is 0 Å². The van der Waals surface area contributed by atoms with Gasteiger partial charge in [0.15, 0.2) is 9.84 Å². The van der Waals surface area contributed by atoms with Crippen LogP contribution in [0.25, 0.3) is 16.5 Å². The first-order valence-corrected chi connectivity index (χ1v) is 8.45. The van der Waals surface area contributed by atoms with Crippen molar-refractivity contribution >= 4 is 26.3 Å². The van der Waals surface area contributed by atoms with Crippen molar-refractivity contribution in [1.82, 2.24) is 4.98 Å². The van der Waals surface area contributed by atoms with Gasteiger partial charge in [0.25, 0.3) is 0 Å². The molecule has 0 spiro atoms. The first kappa shape index (κ1) is 12.5. The molecule has 0 fully saturated rings. The Kier molecular flexibility index (Phi) is 2.97. The van der Waals surface area contributed by atoms with E-state index in [1.54, 1.807) is 12.1 Å². The second kappa shape index (κ2) is 4.53. The third-order valence-electron chi connectivity index (χ3n) is 3.66. The molecule has 1 aliphatic carbocycles. The summed E-state index contributed by atoms with van der Waals surface area (Å²) in [6.07, 6.45) is 8.26. The zero-order valence-corrected chi connectivity index (χ0v) is 11.8. The van der Waals surface area contributed by atoms with Crippen LogP contribution < -0.4 is 0 Å². The van der Waals surface area contributed by atoms with Crippen molar-refractivity contribution in [3.63, 3.8) is 0 Å². The number of benzene rings is 1. The Morgan fingerprint density at radius 2 is 2.00 bits per heavy atom. The highest BCUT2D eigenvalue weighted by Gasteiger charge is 2.12. The van der Waals surface area contributed by atoms with E-state index in [1.165, 1.54) is 24.7 Å². The highest BCUT2D eigenvalue weighted by Crippen LogP contribution is 2.29. The van der Waals surface area contributed by atoms with E-state index in [2.05, 4.69) is 17.1 Å². The lowest BCUT2D eigenvalue weighted by molar-refractivity contribution is 0.602. The second-order valence-electron chi connectivity index (χ2n) is 5.18. The monoisotopic (exact) mass is 275 g/mol. The zero-order chi connectivity index (χ0) is 13.5. The van der Waals surface area contributed by atoms with E-state index in [0.29, 0.717) is 4.90 Å². The first-order chi connectivity index (χ1) is 9.04. The maximum Gasteiger partial charge on any atom is 0.175 e. The Morgan fingerprint density at radius 3 is 2.68 bits per heavy atom. The molecule has 19 heavy (non-hydrogen) atoms. The van der Waals surface area contributed by atoms with Gasteiger partial charge in [-0.25, -0.2) is 8.42 Å². The topological polar surface area (TPSA) is 49.9 Å². The molecule has 1 aliphatic rings. The molecule has 0 saturated carbocycles. The van der Waals surface area contributed by atoms with Gasteiger partial charge in [0.1, 0.15) is 0 Å². The fourth-order valence-corrected chi connectivity index (χ4v) is 3.25. The maximum absolute atomic E-state index is 11.6. The van der Waals surface area contributed by atoms with Gasteiger partial charge >= 0.3 is 0 Å². The van der Waals surface area contributed by atoms with Gasteiger partial charge < -0.3 is 4.98 Å². The number of H-pyrrole nitrogens is 1. The van der Waals surface area contributed by atoms with Crippen molar-refractivity contribution < 1.29 is 8.42 Å². The first-order valence-electron chi connectivity index (χ1n) is 6.56. The smallest absolute Gasteiger partial charge is 0.175 e. The minimum Gasteiger partial charge on any atom is -0.355 e. The molecule has 3 rings (SSSR count). The van der Waals surface area contributed by atoms with Crippen LogP contribution in [0.3, 0.4) is 0 Å². The Labute approximate surface area is 113 Å². The lowest BCUT2D eigenvalue weighted by atomic mass is 9.97. The summed E-state index contributed by atoms with van der Waals surface area (Å²) in [5, 5.41) is 0.962. The van der Waals surface area contributed by atoms with Gasteiger partial charge in [0, 0.05) is 22.9 Å². The van der Waals surface area contributed by atoms with Crippen molar-refractivity contribution in [2.45, 2.75) is 30.6 Å². The number of hydrogen-bond donors (Lipinski definition) is 1. The quantitative estimate of drug-likeness (QED) is 0.911. The molecule has 1 aromatic heterocycles. The third-order valence-corrected chi connectivity index (χ3v) is 4.77. The highest BCUT2D eigenvalue weighted by atomic mass is 32.2. The fourth-order valence-electron chi connectivity index (χ4n) is 2.60. The summed E-state index contributed by atoms with van der Waals surface area (Å²) in [6, 6.07) is 7.31. The van der Waals surface area contributed by atoms with Gasteiger partial charge in [-0.15, -0.1) is 0 Å². The zero-order valence-electron chi connectivity index (χ0n) is 10.9. The number of aromatic nitrogens is 1. The molecule has 0 amide bonds. The van der Waals surface area contributed by atoms with Crippen LogP contribution in [0.5, 0.6) is 0 Å². The van der Waals surface area contributed by atoms with E-state index in [4.69, 9.17) is 0 Å². The minimum absolute atomic E-state index is 0.378. The number of hydrogen-bond acceptors (Lipinski definition) is 2. The average Bonchev–Trinajstić information content (AvgIpc) is 2.81. The van der Waals surface area contributed by atoms with Crippen LogP contribution in [0, 0.1) is 0 Å². The summed E-state index contributed by atoms with van der Waals surface area (Å²) < 4.78 is 23.1. The van der Waals surface area contributed by atoms with E-state index < -0.39 is 9.84 Å². The van der Waals surface area contributed by atoms with Gasteiger partial charge in [0.2, 0.25) is 0 Å². The highest BCUT2D eigenvalue weighted by molar-refractivity contribution is 7.90. The van der Waals surface area contributed by atoms with Gasteiger partial charge in [-0.3, -0.25) is 0 Å². The van der Waals surface area contributed by atoms with Crippen LogP contribution >= 0.6 is 0 Å². The number of rotatable bonds is 2. The Balaban J connectivity index is 2.08. The summed E-state index contributed by atoms with van der Waals surface area (Å²) in [7, 11) is -3.14. The molecule has 1 heterocycles. The van der Waals surface area contributed by atoms with E-state index in [1.807, 2.05) is 6.07 Å². The summed E-state index contributed by atoms with van der Waals surface area (Å²) in [6.45, 7) is 0. The molecule has 1 aromatic carbocycles. The van der Waals surface area contributed by atoms with Crippen molar-refractivity contribution in [2.24, 2.45) is 0 Å². The van der Waals surface area contributed by atoms with Crippen molar-refractivity contribution in [2.75, 3.05) is 6.26 Å². The molecule has 0 aliphatic heterocycles. The molecule has 100 valence electrons. The number of nitrogens with one attached hydrogen (secondary N) is 1. The maximum atomic E-state index is 11.6. The van der Waals surface area contributed by atoms with E-state index >= 15 is 0 Å². The van der Waals surface area contributed by atoms with Gasteiger partial charge in [0.05, 0.1) is 4.90 Å². The molecule has 1 N–H and O–H groups in total. The molecule has 0 atom stereocenters. The SMILES string of the molecule is CS(=O)(=O)c1ccc2[nH]c(C3=CCCCC3)cc2c1. The van der Waals surface area contributed by atoms with Crippen LogP contribution in [-0.2, 0) is 9.84 Å². The molecule has 2 aromatic rings. The Morgan fingerprint density at radius 1 is 1.16 bits per heavy atom. The normalized spacial score (nSPS) is 16.6. The van der Waals surface area contributed by atoms with Crippen LogP contribution in [0.15, 0.2) is 35.2 Å². The summed E-state index contributed by atoms with van der Waals surface area (Å²) in [5.41, 5.74) is 3.47. The third kappa shape index (κ3) is 2.45. The number of sulfone groups is 1. The summed E-state index contributed by atoms with van der Waals surface area (Å²) in [4.78, 5) is 3.76. The second-order valence-corrected chi connectivity index (χ2v) is 7.20. The molecular weight excluding hydrogens is 258 g/mol. The molecule has 0 bridgehead atoms. The van der Waals surface area contributed by atoms with Gasteiger partial charge in [-0.1, -0.05) is 6.08 Å². The largest absolute Gasteiger partial charge is 0.355 e. The van der Waals surface area contributed by atoms with Crippen LogP contribution in [0.4, 0.5) is 0 Å². The fraction of sp³-hybridized carbons (Fsp3) is 0.333. The minimum atomic E-state index is -3.14. The Bertz CT molecular complexity index is 754. The van der Waals surface area contributed by atoms with Crippen molar-refractivity contribution in [3.05, 3.63) is 36.0 Å². The van der Waals surface area contributed by atoms with Crippen LogP contribution in [0.2, 0.25) is 0 Å². The predicted octanol–water partition coefficient (Wildman–Crippen LogP) is 3.53.